The molecule has 1 aliphatic carbocycles. The molecule has 3 fully saturated rings. The molecule has 0 aromatic carbocycles. The standard InChI is InChI=1S/C22H32N4O2/c1-2-12-24-21(28)25-15-8-18(9-16-25)26-19(17-6-13-23-14-7-17)22(20(26)27)10-4-3-5-11-22/h6-7,13-14,18-19H,2-5,8-12,15-16H2,1H3,(H,24,28). The van der Waals surface area contributed by atoms with Crippen molar-refractivity contribution < 1.29 is 9.59 Å². The van der Waals surface area contributed by atoms with Crippen molar-refractivity contribution in [2.24, 2.45) is 5.41 Å². The molecule has 1 N–H and O–H groups in total. The van der Waals surface area contributed by atoms with E-state index in [4.69, 9.17) is 0 Å². The van der Waals surface area contributed by atoms with Gasteiger partial charge >= 0.3 is 6.03 Å². The van der Waals surface area contributed by atoms with Crippen LogP contribution in [0.1, 0.15) is 69.9 Å². The molecular formula is C22H32N4O2. The Bertz CT molecular complexity index is 694. The van der Waals surface area contributed by atoms with E-state index >= 15 is 0 Å². The second kappa shape index (κ2) is 8.10. The molecule has 2 saturated heterocycles. The average molecular weight is 385 g/mol. The summed E-state index contributed by atoms with van der Waals surface area (Å²) in [4.78, 5) is 33.9. The Balaban J connectivity index is 1.48. The fourth-order valence-electron chi connectivity index (χ4n) is 5.45. The number of carbonyl (C=O) groups excluding carboxylic acids is 2. The Morgan fingerprint density at radius 1 is 1.18 bits per heavy atom. The van der Waals surface area contributed by atoms with Gasteiger partial charge in [0.2, 0.25) is 5.91 Å². The monoisotopic (exact) mass is 384 g/mol. The largest absolute Gasteiger partial charge is 0.338 e. The normalized spacial score (nSPS) is 24.9. The summed E-state index contributed by atoms with van der Waals surface area (Å²) in [5, 5.41) is 2.96. The molecule has 0 bridgehead atoms. The smallest absolute Gasteiger partial charge is 0.317 e. The van der Waals surface area contributed by atoms with E-state index in [1.54, 1.807) is 0 Å². The Labute approximate surface area is 167 Å². The number of likely N-dealkylation sites (tertiary alicyclic amines) is 2. The van der Waals surface area contributed by atoms with Gasteiger partial charge in [0.25, 0.3) is 0 Å². The predicted molar refractivity (Wildman–Crippen MR) is 108 cm³/mol. The summed E-state index contributed by atoms with van der Waals surface area (Å²) in [6.45, 7) is 4.22. The average Bonchev–Trinajstić information content (AvgIpc) is 2.76. The summed E-state index contributed by atoms with van der Waals surface area (Å²) in [5.74, 6) is 0.350. The molecule has 1 aromatic rings. The third-order valence-electron chi connectivity index (χ3n) is 6.90. The third kappa shape index (κ3) is 3.27. The Morgan fingerprint density at radius 3 is 2.50 bits per heavy atom. The summed E-state index contributed by atoms with van der Waals surface area (Å²) in [6, 6.07) is 4.59. The van der Waals surface area contributed by atoms with E-state index in [9.17, 15) is 9.59 Å². The van der Waals surface area contributed by atoms with Crippen molar-refractivity contribution in [3.63, 3.8) is 0 Å². The van der Waals surface area contributed by atoms with Gasteiger partial charge in [0.05, 0.1) is 11.5 Å². The molecule has 152 valence electrons. The molecule has 28 heavy (non-hydrogen) atoms. The van der Waals surface area contributed by atoms with Crippen LogP contribution in [-0.2, 0) is 4.79 Å². The number of amides is 3. The van der Waals surface area contributed by atoms with Crippen LogP contribution in [-0.4, -0.2) is 52.4 Å². The van der Waals surface area contributed by atoms with Crippen LogP contribution in [0, 0.1) is 5.41 Å². The molecule has 2 aliphatic heterocycles. The van der Waals surface area contributed by atoms with Gasteiger partial charge in [-0.1, -0.05) is 26.2 Å². The first-order valence-corrected chi connectivity index (χ1v) is 10.9. The fraction of sp³-hybridized carbons (Fsp3) is 0.682. The lowest BCUT2D eigenvalue weighted by atomic mass is 9.59. The van der Waals surface area contributed by atoms with Gasteiger partial charge in [-0.05, 0) is 49.8 Å². The molecule has 1 unspecified atom stereocenters. The maximum absolute atomic E-state index is 13.4. The van der Waals surface area contributed by atoms with Crippen LogP contribution in [0.15, 0.2) is 24.5 Å². The minimum Gasteiger partial charge on any atom is -0.338 e. The van der Waals surface area contributed by atoms with Crippen LogP contribution in [0.3, 0.4) is 0 Å². The van der Waals surface area contributed by atoms with E-state index in [-0.39, 0.29) is 23.5 Å². The summed E-state index contributed by atoms with van der Waals surface area (Å²) in [5.41, 5.74) is 1.02. The van der Waals surface area contributed by atoms with Gasteiger partial charge in [0.15, 0.2) is 0 Å². The third-order valence-corrected chi connectivity index (χ3v) is 6.90. The van der Waals surface area contributed by atoms with E-state index in [1.165, 1.54) is 12.0 Å². The maximum Gasteiger partial charge on any atom is 0.317 e. The van der Waals surface area contributed by atoms with E-state index < -0.39 is 0 Å². The Kier molecular flexibility index (Phi) is 5.56. The number of nitrogens with zero attached hydrogens (tertiary/aromatic N) is 3. The van der Waals surface area contributed by atoms with Gasteiger partial charge in [-0.2, -0.15) is 0 Å². The lowest BCUT2D eigenvalue weighted by Crippen LogP contribution is -2.68. The zero-order chi connectivity index (χ0) is 19.6. The van der Waals surface area contributed by atoms with Gasteiger partial charge in [0, 0.05) is 38.1 Å². The zero-order valence-electron chi connectivity index (χ0n) is 16.9. The van der Waals surface area contributed by atoms with Gasteiger partial charge in [-0.15, -0.1) is 0 Å². The molecule has 3 aliphatic rings. The molecule has 1 atom stereocenters. The molecule has 0 radical (unpaired) electrons. The number of hydrogen-bond acceptors (Lipinski definition) is 3. The fourth-order valence-corrected chi connectivity index (χ4v) is 5.45. The second-order valence-corrected chi connectivity index (χ2v) is 8.56. The molecule has 3 amide bonds. The van der Waals surface area contributed by atoms with Crippen molar-refractivity contribution in [1.29, 1.82) is 0 Å². The van der Waals surface area contributed by atoms with Gasteiger partial charge < -0.3 is 15.1 Å². The number of aromatic nitrogens is 1. The first-order chi connectivity index (χ1) is 13.7. The van der Waals surface area contributed by atoms with Crippen LogP contribution < -0.4 is 5.32 Å². The number of pyridine rings is 1. The summed E-state index contributed by atoms with van der Waals surface area (Å²) in [6.07, 6.45) is 11.9. The van der Waals surface area contributed by atoms with Crippen molar-refractivity contribution in [1.82, 2.24) is 20.1 Å². The van der Waals surface area contributed by atoms with Crippen LogP contribution in [0.4, 0.5) is 4.79 Å². The first kappa shape index (κ1) is 19.2. The minimum atomic E-state index is -0.199. The van der Waals surface area contributed by atoms with Crippen LogP contribution in [0.25, 0.3) is 0 Å². The molecule has 6 nitrogen and oxygen atoms in total. The number of carbonyl (C=O) groups is 2. The highest BCUT2D eigenvalue weighted by Crippen LogP contribution is 2.59. The number of urea groups is 1. The first-order valence-electron chi connectivity index (χ1n) is 10.9. The van der Waals surface area contributed by atoms with Gasteiger partial charge in [-0.25, -0.2) is 4.79 Å². The predicted octanol–water partition coefficient (Wildman–Crippen LogP) is 3.50. The van der Waals surface area contributed by atoms with Crippen molar-refractivity contribution in [2.75, 3.05) is 19.6 Å². The van der Waals surface area contributed by atoms with E-state index in [0.29, 0.717) is 5.91 Å². The zero-order valence-corrected chi connectivity index (χ0v) is 16.9. The lowest BCUT2D eigenvalue weighted by molar-refractivity contribution is -0.186. The number of piperidine rings is 1. The quantitative estimate of drug-likeness (QED) is 0.808. The molecule has 3 heterocycles. The van der Waals surface area contributed by atoms with Crippen molar-refractivity contribution in [3.8, 4) is 0 Å². The Hall–Kier alpha value is -2.11. The van der Waals surface area contributed by atoms with Gasteiger partial charge in [-0.3, -0.25) is 9.78 Å². The minimum absolute atomic E-state index is 0.0321. The highest BCUT2D eigenvalue weighted by Gasteiger charge is 2.62. The number of nitrogens with one attached hydrogen (secondary N) is 1. The molecule has 6 heteroatoms. The summed E-state index contributed by atoms with van der Waals surface area (Å²) in [7, 11) is 0. The highest BCUT2D eigenvalue weighted by atomic mass is 16.2. The van der Waals surface area contributed by atoms with Crippen LogP contribution in [0.2, 0.25) is 0 Å². The lowest BCUT2D eigenvalue weighted by Gasteiger charge is -2.61. The maximum atomic E-state index is 13.4. The molecule has 1 saturated carbocycles. The van der Waals surface area contributed by atoms with Crippen LogP contribution in [0.5, 0.6) is 0 Å². The number of β-lactam (4-membered cyclic amide) rings is 1. The number of rotatable bonds is 4. The van der Waals surface area contributed by atoms with Crippen LogP contribution >= 0.6 is 0 Å². The molecule has 1 aromatic heterocycles. The molecule has 1 spiro atoms. The molecular weight excluding hydrogens is 352 g/mol. The number of hydrogen-bond donors (Lipinski definition) is 1. The van der Waals surface area contributed by atoms with Crippen molar-refractivity contribution in [2.45, 2.75) is 70.4 Å². The Morgan fingerprint density at radius 2 is 1.86 bits per heavy atom. The summed E-state index contributed by atoms with van der Waals surface area (Å²) < 4.78 is 0. The van der Waals surface area contributed by atoms with Crippen molar-refractivity contribution >= 4 is 11.9 Å². The van der Waals surface area contributed by atoms with Gasteiger partial charge in [0.1, 0.15) is 0 Å². The van der Waals surface area contributed by atoms with E-state index in [2.05, 4.69) is 34.3 Å². The summed E-state index contributed by atoms with van der Waals surface area (Å²) >= 11 is 0. The van der Waals surface area contributed by atoms with Crippen molar-refractivity contribution in [3.05, 3.63) is 30.1 Å². The SMILES string of the molecule is CCCNC(=O)N1CCC(N2C(=O)C3(CCCCC3)C2c2ccncc2)CC1. The topological polar surface area (TPSA) is 65.5 Å². The highest BCUT2D eigenvalue weighted by molar-refractivity contribution is 5.91. The van der Waals surface area contributed by atoms with E-state index in [0.717, 1.165) is 64.6 Å². The van der Waals surface area contributed by atoms with E-state index in [1.807, 2.05) is 17.3 Å². The second-order valence-electron chi connectivity index (χ2n) is 8.56. The molecule has 4 rings (SSSR count).